The highest BCUT2D eigenvalue weighted by Crippen LogP contribution is 2.27. The molecule has 2 rings (SSSR count). The molecule has 10 heteroatoms. The molecule has 1 aromatic heterocycles. The molecule has 0 saturated carbocycles. The number of hydrogen-bond donors (Lipinski definition) is 2. The van der Waals surface area contributed by atoms with Gasteiger partial charge in [-0.15, -0.1) is 0 Å². The smallest absolute Gasteiger partial charge is 0.422 e. The lowest BCUT2D eigenvalue weighted by atomic mass is 10.1. The lowest BCUT2D eigenvalue weighted by Gasteiger charge is -2.13. The van der Waals surface area contributed by atoms with Crippen LogP contribution in [0.4, 0.5) is 13.2 Å². The van der Waals surface area contributed by atoms with Crippen LogP contribution < -0.4 is 24.8 Å². The second-order valence-electron chi connectivity index (χ2n) is 6.20. The Hall–Kier alpha value is -3.17. The number of pyridine rings is 1. The SMILES string of the molecule is CN=C(NCCc1ccc(OC)c(OC)c1)NCc1ccnc(OCC(F)(F)F)c1. The van der Waals surface area contributed by atoms with Crippen LogP contribution in [-0.4, -0.2) is 51.5 Å². The van der Waals surface area contributed by atoms with Gasteiger partial charge >= 0.3 is 6.18 Å². The molecule has 30 heavy (non-hydrogen) atoms. The fourth-order valence-corrected chi connectivity index (χ4v) is 2.56. The number of methoxy groups -OCH3 is 2. The van der Waals surface area contributed by atoms with Crippen molar-refractivity contribution in [1.82, 2.24) is 15.6 Å². The maximum Gasteiger partial charge on any atom is 0.422 e. The van der Waals surface area contributed by atoms with Crippen molar-refractivity contribution in [1.29, 1.82) is 0 Å². The molecule has 7 nitrogen and oxygen atoms in total. The second-order valence-corrected chi connectivity index (χ2v) is 6.20. The van der Waals surface area contributed by atoms with Crippen LogP contribution in [-0.2, 0) is 13.0 Å². The molecular weight excluding hydrogens is 401 g/mol. The molecule has 0 aliphatic rings. The first-order chi connectivity index (χ1) is 14.3. The molecule has 0 amide bonds. The number of ether oxygens (including phenoxy) is 3. The van der Waals surface area contributed by atoms with Crippen LogP contribution in [0.3, 0.4) is 0 Å². The van der Waals surface area contributed by atoms with Crippen molar-refractivity contribution < 1.29 is 27.4 Å². The third-order valence-corrected chi connectivity index (χ3v) is 4.02. The van der Waals surface area contributed by atoms with E-state index in [1.165, 1.54) is 12.3 Å². The summed E-state index contributed by atoms with van der Waals surface area (Å²) in [5, 5.41) is 6.29. The number of rotatable bonds is 9. The number of alkyl halides is 3. The first-order valence-electron chi connectivity index (χ1n) is 9.14. The van der Waals surface area contributed by atoms with Gasteiger partial charge in [-0.25, -0.2) is 4.98 Å². The van der Waals surface area contributed by atoms with E-state index in [-0.39, 0.29) is 5.88 Å². The number of nitrogens with one attached hydrogen (secondary N) is 2. The molecule has 1 heterocycles. The van der Waals surface area contributed by atoms with Gasteiger partial charge in [0.1, 0.15) is 0 Å². The van der Waals surface area contributed by atoms with Gasteiger partial charge in [0.2, 0.25) is 5.88 Å². The molecule has 0 atom stereocenters. The predicted molar refractivity (Wildman–Crippen MR) is 107 cm³/mol. The van der Waals surface area contributed by atoms with Crippen molar-refractivity contribution in [2.24, 2.45) is 4.99 Å². The van der Waals surface area contributed by atoms with Gasteiger partial charge in [0.15, 0.2) is 24.1 Å². The minimum Gasteiger partial charge on any atom is -0.493 e. The zero-order valence-corrected chi connectivity index (χ0v) is 17.0. The Bertz CT molecular complexity index is 844. The monoisotopic (exact) mass is 426 g/mol. The summed E-state index contributed by atoms with van der Waals surface area (Å²) < 4.78 is 52.0. The first kappa shape index (κ1) is 23.1. The third-order valence-electron chi connectivity index (χ3n) is 4.02. The largest absolute Gasteiger partial charge is 0.493 e. The highest BCUT2D eigenvalue weighted by molar-refractivity contribution is 5.79. The maximum atomic E-state index is 12.3. The number of hydrogen-bond acceptors (Lipinski definition) is 5. The summed E-state index contributed by atoms with van der Waals surface area (Å²) in [5.74, 6) is 1.81. The Labute approximate surface area is 173 Å². The van der Waals surface area contributed by atoms with E-state index >= 15 is 0 Å². The summed E-state index contributed by atoms with van der Waals surface area (Å²) in [6, 6.07) is 8.86. The molecule has 0 aliphatic heterocycles. The molecular formula is C20H25F3N4O3. The van der Waals surface area contributed by atoms with Crippen LogP contribution in [0.1, 0.15) is 11.1 Å². The van der Waals surface area contributed by atoms with Crippen LogP contribution in [0.25, 0.3) is 0 Å². The fourth-order valence-electron chi connectivity index (χ4n) is 2.56. The Kier molecular flexibility index (Phi) is 8.57. The van der Waals surface area contributed by atoms with Gasteiger partial charge in [0, 0.05) is 32.4 Å². The van der Waals surface area contributed by atoms with E-state index < -0.39 is 12.8 Å². The number of aliphatic imine (C=N–C) groups is 1. The summed E-state index contributed by atoms with van der Waals surface area (Å²) in [6.07, 6.45) is -2.28. The number of benzene rings is 1. The lowest BCUT2D eigenvalue weighted by Crippen LogP contribution is -2.37. The summed E-state index contributed by atoms with van der Waals surface area (Å²) >= 11 is 0. The normalized spacial score (nSPS) is 11.7. The topological polar surface area (TPSA) is 77.0 Å². The molecule has 0 saturated heterocycles. The molecule has 0 bridgehead atoms. The van der Waals surface area contributed by atoms with E-state index in [4.69, 9.17) is 9.47 Å². The second kappa shape index (κ2) is 11.1. The van der Waals surface area contributed by atoms with Crippen molar-refractivity contribution in [3.63, 3.8) is 0 Å². The molecule has 1 aromatic carbocycles. The maximum absolute atomic E-state index is 12.3. The molecule has 2 aromatic rings. The van der Waals surface area contributed by atoms with E-state index in [0.29, 0.717) is 36.1 Å². The first-order valence-corrected chi connectivity index (χ1v) is 9.14. The Morgan fingerprint density at radius 3 is 2.47 bits per heavy atom. The lowest BCUT2D eigenvalue weighted by molar-refractivity contribution is -0.154. The van der Waals surface area contributed by atoms with Crippen LogP contribution in [0.5, 0.6) is 17.4 Å². The zero-order valence-electron chi connectivity index (χ0n) is 17.0. The van der Waals surface area contributed by atoms with Crippen LogP contribution in [0.15, 0.2) is 41.5 Å². The van der Waals surface area contributed by atoms with E-state index in [9.17, 15) is 13.2 Å². The molecule has 0 spiro atoms. The highest BCUT2D eigenvalue weighted by Gasteiger charge is 2.28. The summed E-state index contributed by atoms with van der Waals surface area (Å²) in [6.45, 7) is -0.414. The zero-order chi connectivity index (χ0) is 22.0. The standard InChI is InChI=1S/C20H25F3N4O3/c1-24-19(26-9-6-14-4-5-16(28-2)17(10-14)29-3)27-12-15-7-8-25-18(11-15)30-13-20(21,22)23/h4-5,7-8,10-11H,6,9,12-13H2,1-3H3,(H2,24,26,27). The Morgan fingerprint density at radius 1 is 1.03 bits per heavy atom. The minimum atomic E-state index is -4.41. The van der Waals surface area contributed by atoms with Crippen molar-refractivity contribution in [3.8, 4) is 17.4 Å². The molecule has 2 N–H and O–H groups in total. The van der Waals surface area contributed by atoms with Crippen LogP contribution in [0.2, 0.25) is 0 Å². The Balaban J connectivity index is 1.83. The van der Waals surface area contributed by atoms with Gasteiger partial charge in [-0.2, -0.15) is 13.2 Å². The number of aromatic nitrogens is 1. The van der Waals surface area contributed by atoms with Gasteiger partial charge in [-0.1, -0.05) is 6.07 Å². The molecule has 0 unspecified atom stereocenters. The summed E-state index contributed by atoms with van der Waals surface area (Å²) in [4.78, 5) is 7.92. The van der Waals surface area contributed by atoms with Gasteiger partial charge < -0.3 is 24.8 Å². The van der Waals surface area contributed by atoms with Crippen molar-refractivity contribution in [2.45, 2.75) is 19.1 Å². The summed E-state index contributed by atoms with van der Waals surface area (Å²) in [7, 11) is 4.81. The number of halogens is 3. The predicted octanol–water partition coefficient (Wildman–Crippen LogP) is 2.95. The van der Waals surface area contributed by atoms with E-state index in [0.717, 1.165) is 12.0 Å². The van der Waals surface area contributed by atoms with Gasteiger partial charge in [0.05, 0.1) is 14.2 Å². The van der Waals surface area contributed by atoms with Crippen molar-refractivity contribution in [2.75, 3.05) is 34.4 Å². The van der Waals surface area contributed by atoms with Crippen LogP contribution in [0, 0.1) is 0 Å². The van der Waals surface area contributed by atoms with Gasteiger partial charge in [-0.3, -0.25) is 4.99 Å². The summed E-state index contributed by atoms with van der Waals surface area (Å²) in [5.41, 5.74) is 1.78. The highest BCUT2D eigenvalue weighted by atomic mass is 19.4. The Morgan fingerprint density at radius 2 is 1.80 bits per heavy atom. The van der Waals surface area contributed by atoms with E-state index in [1.54, 1.807) is 27.3 Å². The fraction of sp³-hybridized carbons (Fsp3) is 0.400. The number of nitrogens with zero attached hydrogens (tertiary/aromatic N) is 2. The third kappa shape index (κ3) is 7.69. The minimum absolute atomic E-state index is 0.0805. The molecule has 0 aliphatic carbocycles. The molecule has 0 radical (unpaired) electrons. The molecule has 164 valence electrons. The quantitative estimate of drug-likeness (QED) is 0.474. The van der Waals surface area contributed by atoms with Crippen LogP contribution >= 0.6 is 0 Å². The molecule has 0 fully saturated rings. The van der Waals surface area contributed by atoms with Crippen molar-refractivity contribution >= 4 is 5.96 Å². The average molecular weight is 426 g/mol. The number of guanidine groups is 1. The van der Waals surface area contributed by atoms with E-state index in [1.807, 2.05) is 18.2 Å². The van der Waals surface area contributed by atoms with E-state index in [2.05, 4.69) is 25.3 Å². The van der Waals surface area contributed by atoms with Crippen molar-refractivity contribution in [3.05, 3.63) is 47.7 Å². The van der Waals surface area contributed by atoms with Gasteiger partial charge in [0.25, 0.3) is 0 Å². The average Bonchev–Trinajstić information content (AvgIpc) is 2.74. The van der Waals surface area contributed by atoms with Gasteiger partial charge in [-0.05, 0) is 35.7 Å².